The Morgan fingerprint density at radius 3 is 2.58 bits per heavy atom. The Balaban J connectivity index is 2.24. The summed E-state index contributed by atoms with van der Waals surface area (Å²) in [5.74, 6) is 0.108. The summed E-state index contributed by atoms with van der Waals surface area (Å²) in [6.07, 6.45) is 2.19. The van der Waals surface area contributed by atoms with Crippen LogP contribution in [0.2, 0.25) is 0 Å². The lowest BCUT2D eigenvalue weighted by atomic mass is 9.99. The summed E-state index contributed by atoms with van der Waals surface area (Å²) in [6.45, 7) is 3.72. The van der Waals surface area contributed by atoms with Gasteiger partial charge < -0.3 is 15.5 Å². The monoisotopic (exact) mass is 289 g/mol. The van der Waals surface area contributed by atoms with Crippen LogP contribution in [0.5, 0.6) is 0 Å². The Kier molecular flexibility index (Phi) is 6.62. The molecule has 0 aromatic rings. The van der Waals surface area contributed by atoms with Gasteiger partial charge in [0.15, 0.2) is 5.84 Å². The van der Waals surface area contributed by atoms with Crippen LogP contribution in [-0.2, 0) is 14.4 Å². The van der Waals surface area contributed by atoms with Crippen LogP contribution in [0.1, 0.15) is 32.6 Å². The number of nitrogens with two attached hydrogens (primary N) is 1. The highest BCUT2D eigenvalue weighted by Gasteiger charge is 2.20. The van der Waals surface area contributed by atoms with Crippen molar-refractivity contribution < 1.29 is 14.4 Å². The van der Waals surface area contributed by atoms with E-state index in [9.17, 15) is 9.59 Å². The predicted octanol–water partition coefficient (Wildman–Crippen LogP) is 1.08. The van der Waals surface area contributed by atoms with Gasteiger partial charge in [-0.3, -0.25) is 4.79 Å². The van der Waals surface area contributed by atoms with Crippen LogP contribution >= 0.6 is 11.6 Å². The number of amidine groups is 1. The van der Waals surface area contributed by atoms with Crippen molar-refractivity contribution in [2.45, 2.75) is 32.6 Å². The number of piperidine rings is 1. The fraction of sp³-hybridized carbons (Fsp3) is 0.750. The first-order valence-electron chi connectivity index (χ1n) is 6.39. The Labute approximate surface area is 117 Å². The van der Waals surface area contributed by atoms with Gasteiger partial charge in [-0.25, -0.2) is 4.79 Å². The fourth-order valence-electron chi connectivity index (χ4n) is 1.80. The molecule has 1 heterocycles. The van der Waals surface area contributed by atoms with Crippen LogP contribution in [-0.4, -0.2) is 41.6 Å². The van der Waals surface area contributed by atoms with E-state index < -0.39 is 5.97 Å². The average molecular weight is 290 g/mol. The van der Waals surface area contributed by atoms with Crippen molar-refractivity contribution in [3.8, 4) is 0 Å². The summed E-state index contributed by atoms with van der Waals surface area (Å²) in [4.78, 5) is 29.5. The summed E-state index contributed by atoms with van der Waals surface area (Å²) < 4.78 is 0. The zero-order chi connectivity index (χ0) is 14.3. The molecule has 7 heteroatoms. The van der Waals surface area contributed by atoms with E-state index in [2.05, 4.69) is 16.9 Å². The number of amides is 1. The molecule has 1 amide bonds. The molecule has 1 fully saturated rings. The molecule has 1 aliphatic heterocycles. The zero-order valence-corrected chi connectivity index (χ0v) is 11.9. The van der Waals surface area contributed by atoms with Crippen molar-refractivity contribution in [2.24, 2.45) is 16.8 Å². The summed E-state index contributed by atoms with van der Waals surface area (Å²) >= 11 is 5.37. The molecule has 0 atom stereocenters. The molecule has 0 aliphatic carbocycles. The number of nitrogens with zero attached hydrogens (tertiary/aromatic N) is 2. The van der Waals surface area contributed by atoms with Crippen molar-refractivity contribution in [2.75, 3.05) is 19.0 Å². The zero-order valence-electron chi connectivity index (χ0n) is 11.1. The van der Waals surface area contributed by atoms with Crippen LogP contribution in [0.25, 0.3) is 0 Å². The second-order valence-corrected chi connectivity index (χ2v) is 5.01. The molecule has 108 valence electrons. The highest BCUT2D eigenvalue weighted by molar-refractivity contribution is 6.27. The molecular weight excluding hydrogens is 270 g/mol. The van der Waals surface area contributed by atoms with E-state index in [1.807, 2.05) is 0 Å². The second kappa shape index (κ2) is 7.99. The number of alkyl halides is 1. The third-order valence-electron chi connectivity index (χ3n) is 3.08. The normalized spacial score (nSPS) is 17.4. The van der Waals surface area contributed by atoms with Gasteiger partial charge in [-0.05, 0) is 18.8 Å². The average Bonchev–Trinajstić information content (AvgIpc) is 2.42. The molecule has 1 aliphatic rings. The van der Waals surface area contributed by atoms with Gasteiger partial charge in [0.2, 0.25) is 5.91 Å². The maximum atomic E-state index is 11.8. The van der Waals surface area contributed by atoms with E-state index in [1.165, 1.54) is 0 Å². The molecule has 19 heavy (non-hydrogen) atoms. The third-order valence-corrected chi connectivity index (χ3v) is 3.35. The Morgan fingerprint density at radius 2 is 2.00 bits per heavy atom. The highest BCUT2D eigenvalue weighted by Crippen LogP contribution is 2.16. The number of oxime groups is 1. The smallest absolute Gasteiger partial charge is 0.335 e. The molecular formula is C12H20ClN3O3. The third kappa shape index (κ3) is 5.92. The molecule has 2 N–H and O–H groups in total. The van der Waals surface area contributed by atoms with Gasteiger partial charge in [-0.1, -0.05) is 12.1 Å². The topological polar surface area (TPSA) is 85.0 Å². The summed E-state index contributed by atoms with van der Waals surface area (Å²) in [5, 5.41) is 3.33. The fourth-order valence-corrected chi connectivity index (χ4v) is 1.85. The number of carbonyl (C=O) groups is 2. The number of hydrogen-bond acceptors (Lipinski definition) is 4. The molecule has 0 bridgehead atoms. The van der Waals surface area contributed by atoms with Gasteiger partial charge >= 0.3 is 5.97 Å². The van der Waals surface area contributed by atoms with Crippen LogP contribution < -0.4 is 5.73 Å². The van der Waals surface area contributed by atoms with E-state index in [0.29, 0.717) is 5.92 Å². The number of carbonyl (C=O) groups excluding carboxylic acids is 2. The first-order chi connectivity index (χ1) is 9.02. The lowest BCUT2D eigenvalue weighted by Gasteiger charge is -2.30. The first kappa shape index (κ1) is 15.8. The first-order valence-corrected chi connectivity index (χ1v) is 6.92. The van der Waals surface area contributed by atoms with Gasteiger partial charge in [0.25, 0.3) is 0 Å². The van der Waals surface area contributed by atoms with Crippen molar-refractivity contribution in [3.63, 3.8) is 0 Å². The molecule has 0 spiro atoms. The van der Waals surface area contributed by atoms with Gasteiger partial charge in [0.1, 0.15) is 0 Å². The minimum atomic E-state index is -0.577. The predicted molar refractivity (Wildman–Crippen MR) is 72.6 cm³/mol. The second-order valence-electron chi connectivity index (χ2n) is 4.74. The number of hydrogen-bond donors (Lipinski definition) is 1. The lowest BCUT2D eigenvalue weighted by molar-refractivity contribution is -0.146. The van der Waals surface area contributed by atoms with Crippen molar-refractivity contribution in [3.05, 3.63) is 0 Å². The van der Waals surface area contributed by atoms with Gasteiger partial charge in [-0.2, -0.15) is 0 Å². The molecule has 6 nitrogen and oxygen atoms in total. The molecule has 0 aromatic carbocycles. The number of rotatable bonds is 5. The molecule has 1 saturated heterocycles. The maximum Gasteiger partial charge on any atom is 0.335 e. The SMILES string of the molecule is CC1CCN(C(=O)CCC(=O)O/N=C(/N)CCl)CC1. The van der Waals surface area contributed by atoms with Gasteiger partial charge in [0, 0.05) is 19.5 Å². The maximum absolute atomic E-state index is 11.8. The standard InChI is InChI=1S/C12H20ClN3O3/c1-9-4-6-16(7-5-9)11(17)2-3-12(18)19-15-10(14)8-13/h9H,2-8H2,1H3,(H2,14,15). The summed E-state index contributed by atoms with van der Waals surface area (Å²) in [6, 6.07) is 0. The molecule has 0 saturated carbocycles. The molecule has 1 rings (SSSR count). The van der Waals surface area contributed by atoms with Gasteiger partial charge in [0.05, 0.1) is 12.3 Å². The van der Waals surface area contributed by atoms with Crippen LogP contribution in [0.3, 0.4) is 0 Å². The van der Waals surface area contributed by atoms with Crippen LogP contribution in [0.4, 0.5) is 0 Å². The highest BCUT2D eigenvalue weighted by atomic mass is 35.5. The van der Waals surface area contributed by atoms with E-state index >= 15 is 0 Å². The Bertz CT molecular complexity index is 352. The van der Waals surface area contributed by atoms with Crippen molar-refractivity contribution >= 4 is 29.3 Å². The quantitative estimate of drug-likeness (QED) is 0.270. The van der Waals surface area contributed by atoms with E-state index in [-0.39, 0.29) is 30.5 Å². The Morgan fingerprint density at radius 1 is 1.37 bits per heavy atom. The van der Waals surface area contributed by atoms with E-state index in [4.69, 9.17) is 17.3 Å². The largest absolute Gasteiger partial charge is 0.383 e. The Hall–Kier alpha value is -1.30. The molecule has 0 aromatic heterocycles. The van der Waals surface area contributed by atoms with Crippen molar-refractivity contribution in [1.82, 2.24) is 4.90 Å². The summed E-state index contributed by atoms with van der Waals surface area (Å²) in [5.41, 5.74) is 5.27. The molecule has 0 unspecified atom stereocenters. The van der Waals surface area contributed by atoms with Crippen LogP contribution in [0, 0.1) is 5.92 Å². The number of likely N-dealkylation sites (tertiary alicyclic amines) is 1. The molecule has 0 radical (unpaired) electrons. The van der Waals surface area contributed by atoms with Gasteiger partial charge in [-0.15, -0.1) is 11.6 Å². The van der Waals surface area contributed by atoms with Crippen molar-refractivity contribution in [1.29, 1.82) is 0 Å². The minimum absolute atomic E-state index is 0.00181. The number of halogens is 1. The lowest BCUT2D eigenvalue weighted by Crippen LogP contribution is -2.38. The van der Waals surface area contributed by atoms with E-state index in [0.717, 1.165) is 25.9 Å². The summed E-state index contributed by atoms with van der Waals surface area (Å²) in [7, 11) is 0. The van der Waals surface area contributed by atoms with Crippen LogP contribution in [0.15, 0.2) is 5.16 Å². The van der Waals surface area contributed by atoms with E-state index in [1.54, 1.807) is 4.90 Å². The minimum Gasteiger partial charge on any atom is -0.383 e.